The molecule has 0 saturated carbocycles. The van der Waals surface area contributed by atoms with Crippen molar-refractivity contribution < 1.29 is 5.11 Å². The zero-order valence-corrected chi connectivity index (χ0v) is 15.4. The van der Waals surface area contributed by atoms with Crippen LogP contribution >= 0.6 is 0 Å². The van der Waals surface area contributed by atoms with Gasteiger partial charge >= 0.3 is 0 Å². The SMILES string of the molecule is CC(C)(C)c1ccc(O)c(C(C)(C)C)c1.c1ccc2n[nH]nc2c1. The van der Waals surface area contributed by atoms with E-state index in [2.05, 4.69) is 63.0 Å². The number of rotatable bonds is 0. The van der Waals surface area contributed by atoms with Crippen LogP contribution in [-0.4, -0.2) is 20.5 Å². The van der Waals surface area contributed by atoms with Gasteiger partial charge in [-0.05, 0) is 40.2 Å². The van der Waals surface area contributed by atoms with Gasteiger partial charge in [-0.25, -0.2) is 0 Å². The maximum absolute atomic E-state index is 9.84. The molecular formula is C20H27N3O. The van der Waals surface area contributed by atoms with Crippen LogP contribution in [0.5, 0.6) is 5.75 Å². The van der Waals surface area contributed by atoms with Crippen molar-refractivity contribution in [3.63, 3.8) is 0 Å². The van der Waals surface area contributed by atoms with Crippen LogP contribution in [0.25, 0.3) is 11.0 Å². The van der Waals surface area contributed by atoms with Gasteiger partial charge in [-0.1, -0.05) is 65.8 Å². The number of para-hydroxylation sites is 2. The molecule has 0 saturated heterocycles. The fraction of sp³-hybridized carbons (Fsp3) is 0.400. The Bertz CT molecular complexity index is 777. The molecule has 0 bridgehead atoms. The van der Waals surface area contributed by atoms with E-state index in [0.717, 1.165) is 16.6 Å². The quantitative estimate of drug-likeness (QED) is 0.615. The van der Waals surface area contributed by atoms with Crippen molar-refractivity contribution in [3.8, 4) is 5.75 Å². The van der Waals surface area contributed by atoms with E-state index in [1.54, 1.807) is 6.07 Å². The summed E-state index contributed by atoms with van der Waals surface area (Å²) < 4.78 is 0. The average Bonchev–Trinajstić information content (AvgIpc) is 2.94. The number of aromatic nitrogens is 3. The minimum atomic E-state index is -0.00859. The number of phenols is 1. The fourth-order valence-corrected chi connectivity index (χ4v) is 2.39. The minimum Gasteiger partial charge on any atom is -0.508 e. The van der Waals surface area contributed by atoms with Crippen molar-refractivity contribution in [2.24, 2.45) is 0 Å². The Morgan fingerprint density at radius 1 is 0.792 bits per heavy atom. The van der Waals surface area contributed by atoms with E-state index >= 15 is 0 Å². The molecule has 4 heteroatoms. The Hall–Kier alpha value is -2.36. The zero-order valence-electron chi connectivity index (χ0n) is 15.4. The normalized spacial score (nSPS) is 11.9. The number of hydrogen-bond donors (Lipinski definition) is 2. The summed E-state index contributed by atoms with van der Waals surface area (Å²) >= 11 is 0. The molecule has 0 aliphatic heterocycles. The standard InChI is InChI=1S/C14H22O.C6H5N3/c1-13(2,3)10-7-8-12(15)11(9-10)14(4,5)6;1-2-4-6-5(3-1)7-9-8-6/h7-9,15H,1-6H3;1-4H,(H,7,8,9). The molecule has 0 aliphatic rings. The van der Waals surface area contributed by atoms with Gasteiger partial charge in [0, 0.05) is 0 Å². The molecule has 3 aromatic rings. The van der Waals surface area contributed by atoms with Crippen LogP contribution in [-0.2, 0) is 10.8 Å². The van der Waals surface area contributed by atoms with E-state index in [0.29, 0.717) is 5.75 Å². The number of aromatic amines is 1. The van der Waals surface area contributed by atoms with Crippen LogP contribution in [0.1, 0.15) is 52.7 Å². The van der Waals surface area contributed by atoms with Gasteiger partial charge in [0.25, 0.3) is 0 Å². The van der Waals surface area contributed by atoms with Gasteiger partial charge in [0.15, 0.2) is 0 Å². The van der Waals surface area contributed by atoms with E-state index in [-0.39, 0.29) is 10.8 Å². The highest BCUT2D eigenvalue weighted by atomic mass is 16.3. The van der Waals surface area contributed by atoms with Crippen LogP contribution in [0.3, 0.4) is 0 Å². The largest absolute Gasteiger partial charge is 0.508 e. The predicted molar refractivity (Wildman–Crippen MR) is 99.4 cm³/mol. The molecule has 1 heterocycles. The second-order valence-corrected chi connectivity index (χ2v) is 8.04. The molecule has 1 aromatic heterocycles. The van der Waals surface area contributed by atoms with Crippen molar-refractivity contribution >= 4 is 11.0 Å². The summed E-state index contributed by atoms with van der Waals surface area (Å²) in [6, 6.07) is 13.6. The highest BCUT2D eigenvalue weighted by Crippen LogP contribution is 2.34. The molecule has 0 radical (unpaired) electrons. The van der Waals surface area contributed by atoms with Gasteiger partial charge < -0.3 is 5.11 Å². The number of phenolic OH excluding ortho intramolecular Hbond substituents is 1. The molecule has 0 spiro atoms. The van der Waals surface area contributed by atoms with Crippen molar-refractivity contribution in [1.29, 1.82) is 0 Å². The van der Waals surface area contributed by atoms with Gasteiger partial charge in [-0.3, -0.25) is 0 Å². The van der Waals surface area contributed by atoms with E-state index in [9.17, 15) is 5.11 Å². The van der Waals surface area contributed by atoms with Crippen LogP contribution in [0.15, 0.2) is 42.5 Å². The first-order valence-electron chi connectivity index (χ1n) is 8.18. The van der Waals surface area contributed by atoms with Crippen molar-refractivity contribution in [2.45, 2.75) is 52.4 Å². The molecule has 0 fully saturated rings. The monoisotopic (exact) mass is 325 g/mol. The van der Waals surface area contributed by atoms with Gasteiger partial charge in [-0.15, -0.1) is 0 Å². The third kappa shape index (κ3) is 4.34. The Kier molecular flexibility index (Phi) is 4.97. The third-order valence-corrected chi connectivity index (χ3v) is 3.89. The number of nitrogens with one attached hydrogen (secondary N) is 1. The lowest BCUT2D eigenvalue weighted by Gasteiger charge is -2.25. The topological polar surface area (TPSA) is 61.8 Å². The van der Waals surface area contributed by atoms with Crippen molar-refractivity contribution in [3.05, 3.63) is 53.6 Å². The Balaban J connectivity index is 0.000000194. The van der Waals surface area contributed by atoms with Crippen molar-refractivity contribution in [1.82, 2.24) is 15.4 Å². The van der Waals surface area contributed by atoms with Gasteiger partial charge in [0.2, 0.25) is 0 Å². The van der Waals surface area contributed by atoms with Gasteiger partial charge in [-0.2, -0.15) is 15.4 Å². The molecule has 3 rings (SSSR count). The predicted octanol–water partition coefficient (Wildman–Crippen LogP) is 4.95. The summed E-state index contributed by atoms with van der Waals surface area (Å²) in [6.07, 6.45) is 0. The van der Waals surface area contributed by atoms with E-state index in [1.165, 1.54) is 5.56 Å². The number of nitrogens with zero attached hydrogens (tertiary/aromatic N) is 2. The molecule has 0 unspecified atom stereocenters. The summed E-state index contributed by atoms with van der Waals surface area (Å²) in [5, 5.41) is 20.1. The Morgan fingerprint density at radius 3 is 1.79 bits per heavy atom. The highest BCUT2D eigenvalue weighted by Gasteiger charge is 2.21. The summed E-state index contributed by atoms with van der Waals surface area (Å²) in [4.78, 5) is 0. The highest BCUT2D eigenvalue weighted by molar-refractivity contribution is 5.72. The summed E-state index contributed by atoms with van der Waals surface area (Å²) in [5.41, 5.74) is 4.24. The fourth-order valence-electron chi connectivity index (χ4n) is 2.39. The average molecular weight is 325 g/mol. The lowest BCUT2D eigenvalue weighted by molar-refractivity contribution is 0.444. The molecule has 4 nitrogen and oxygen atoms in total. The molecule has 0 atom stereocenters. The first kappa shape index (κ1) is 18.0. The number of benzene rings is 2. The molecule has 128 valence electrons. The Morgan fingerprint density at radius 2 is 1.33 bits per heavy atom. The number of H-pyrrole nitrogens is 1. The molecular weight excluding hydrogens is 298 g/mol. The zero-order chi connectivity index (χ0) is 18.0. The molecule has 2 aromatic carbocycles. The number of hydrogen-bond acceptors (Lipinski definition) is 3. The molecule has 24 heavy (non-hydrogen) atoms. The second kappa shape index (κ2) is 6.63. The van der Waals surface area contributed by atoms with Crippen LogP contribution < -0.4 is 0 Å². The van der Waals surface area contributed by atoms with Gasteiger partial charge in [0.1, 0.15) is 16.8 Å². The first-order chi connectivity index (χ1) is 11.1. The third-order valence-electron chi connectivity index (χ3n) is 3.89. The van der Waals surface area contributed by atoms with E-state index in [1.807, 2.05) is 30.3 Å². The number of fused-ring (bicyclic) bond motifs is 1. The second-order valence-electron chi connectivity index (χ2n) is 8.04. The van der Waals surface area contributed by atoms with E-state index < -0.39 is 0 Å². The summed E-state index contributed by atoms with van der Waals surface area (Å²) in [6.45, 7) is 12.9. The molecule has 0 aliphatic carbocycles. The molecule has 0 amide bonds. The van der Waals surface area contributed by atoms with E-state index in [4.69, 9.17) is 0 Å². The maximum Gasteiger partial charge on any atom is 0.119 e. The summed E-state index contributed by atoms with van der Waals surface area (Å²) in [5.74, 6) is 0.399. The molecule has 2 N–H and O–H groups in total. The smallest absolute Gasteiger partial charge is 0.119 e. The van der Waals surface area contributed by atoms with Crippen molar-refractivity contribution in [2.75, 3.05) is 0 Å². The lowest BCUT2D eigenvalue weighted by Crippen LogP contribution is -2.16. The minimum absolute atomic E-state index is 0.00859. The maximum atomic E-state index is 9.84. The number of aromatic hydroxyl groups is 1. The summed E-state index contributed by atoms with van der Waals surface area (Å²) in [7, 11) is 0. The van der Waals surface area contributed by atoms with Crippen LogP contribution in [0.2, 0.25) is 0 Å². The van der Waals surface area contributed by atoms with Crippen LogP contribution in [0, 0.1) is 0 Å². The Labute approximate surface area is 143 Å². The first-order valence-corrected chi connectivity index (χ1v) is 8.18. The lowest BCUT2D eigenvalue weighted by atomic mass is 9.80. The van der Waals surface area contributed by atoms with Gasteiger partial charge in [0.05, 0.1) is 0 Å². The van der Waals surface area contributed by atoms with Crippen LogP contribution in [0.4, 0.5) is 0 Å².